The highest BCUT2D eigenvalue weighted by Gasteiger charge is 2.31. The summed E-state index contributed by atoms with van der Waals surface area (Å²) >= 11 is 0. The third-order valence-corrected chi connectivity index (χ3v) is 6.31. The van der Waals surface area contributed by atoms with Gasteiger partial charge in [0.2, 0.25) is 5.91 Å². The number of nitrogens with zero attached hydrogens (tertiary/aromatic N) is 4. The van der Waals surface area contributed by atoms with E-state index in [1.165, 1.54) is 12.1 Å². The summed E-state index contributed by atoms with van der Waals surface area (Å²) in [5, 5.41) is 20.8. The molecular weight excluding hydrogens is 472 g/mol. The molecule has 2 aliphatic heterocycles. The fraction of sp³-hybridized carbons (Fsp3) is 0.296. The summed E-state index contributed by atoms with van der Waals surface area (Å²) in [5.74, 6) is -0.0325. The lowest BCUT2D eigenvalue weighted by Gasteiger charge is -2.33. The Morgan fingerprint density at radius 2 is 1.78 bits per heavy atom. The lowest BCUT2D eigenvalue weighted by atomic mass is 10.1. The molecule has 0 saturated carbocycles. The Morgan fingerprint density at radius 1 is 1.03 bits per heavy atom. The molecule has 0 radical (unpaired) electrons. The first-order valence-electron chi connectivity index (χ1n) is 12.2. The minimum Gasteiger partial charge on any atom is -0.504 e. The fourth-order valence-corrected chi connectivity index (χ4v) is 4.25. The van der Waals surface area contributed by atoms with Crippen LogP contribution in [0.5, 0.6) is 11.5 Å². The van der Waals surface area contributed by atoms with Crippen LogP contribution in [0.1, 0.15) is 15.9 Å². The van der Waals surface area contributed by atoms with E-state index in [0.717, 1.165) is 31.7 Å². The normalized spacial score (nSPS) is 15.5. The van der Waals surface area contributed by atoms with Crippen molar-refractivity contribution in [2.24, 2.45) is 5.73 Å². The summed E-state index contributed by atoms with van der Waals surface area (Å²) < 4.78 is 0. The number of phenols is 2. The van der Waals surface area contributed by atoms with Crippen LogP contribution < -0.4 is 16.0 Å². The molecule has 3 aromatic rings. The van der Waals surface area contributed by atoms with Gasteiger partial charge in [-0.05, 0) is 62.0 Å². The molecule has 10 nitrogen and oxygen atoms in total. The van der Waals surface area contributed by atoms with Gasteiger partial charge in [-0.15, -0.1) is 0 Å². The molecular formula is C27H32N6O4. The highest BCUT2D eigenvalue weighted by Crippen LogP contribution is 2.36. The van der Waals surface area contributed by atoms with E-state index in [0.29, 0.717) is 42.3 Å². The number of hydrogen-bond acceptors (Lipinski definition) is 8. The van der Waals surface area contributed by atoms with Crippen LogP contribution in [0.4, 0.5) is 17.2 Å². The van der Waals surface area contributed by atoms with Gasteiger partial charge in [0.15, 0.2) is 17.3 Å². The largest absolute Gasteiger partial charge is 0.504 e. The van der Waals surface area contributed by atoms with Crippen molar-refractivity contribution < 1.29 is 19.8 Å². The molecule has 0 bridgehead atoms. The summed E-state index contributed by atoms with van der Waals surface area (Å²) in [6.45, 7) is 4.43. The number of phenolic OH excluding ortho intramolecular Hbond substituents is 2. The summed E-state index contributed by atoms with van der Waals surface area (Å²) in [6, 6.07) is 15.4. The third-order valence-electron chi connectivity index (χ3n) is 6.31. The topological polar surface area (TPSA) is 135 Å². The number of aromatic hydroxyl groups is 2. The molecule has 2 amide bonds. The third kappa shape index (κ3) is 6.23. The van der Waals surface area contributed by atoms with Crippen LogP contribution in [-0.4, -0.2) is 83.1 Å². The average molecular weight is 505 g/mol. The summed E-state index contributed by atoms with van der Waals surface area (Å²) in [6.07, 6.45) is 2.35. The van der Waals surface area contributed by atoms with Crippen LogP contribution in [0.3, 0.4) is 0 Å². The van der Waals surface area contributed by atoms with E-state index in [4.69, 9.17) is 15.9 Å². The Bertz CT molecular complexity index is 1260. The van der Waals surface area contributed by atoms with Crippen LogP contribution in [-0.2, 0) is 11.2 Å². The van der Waals surface area contributed by atoms with Crippen LogP contribution in [0.2, 0.25) is 0 Å². The number of benzene rings is 2. The zero-order valence-corrected chi connectivity index (χ0v) is 20.8. The van der Waals surface area contributed by atoms with Gasteiger partial charge in [-0.25, -0.2) is 4.98 Å². The number of carbonyl (C=O) groups is 2. The number of piperazine rings is 1. The summed E-state index contributed by atoms with van der Waals surface area (Å²) in [4.78, 5) is 36.1. The van der Waals surface area contributed by atoms with Crippen molar-refractivity contribution in [2.45, 2.75) is 6.42 Å². The number of nitrogens with two attached hydrogens (primary N) is 1. The summed E-state index contributed by atoms with van der Waals surface area (Å²) in [5.41, 5.74) is 7.82. The van der Waals surface area contributed by atoms with E-state index in [-0.39, 0.29) is 23.3 Å². The molecule has 1 fully saturated rings. The Kier molecular flexibility index (Phi) is 8.34. The molecule has 37 heavy (non-hydrogen) atoms. The number of amides is 2. The first-order valence-corrected chi connectivity index (χ1v) is 12.2. The minimum absolute atomic E-state index is 0.0848. The number of pyridine rings is 1. The molecule has 2 aromatic carbocycles. The monoisotopic (exact) mass is 504 g/mol. The van der Waals surface area contributed by atoms with Crippen molar-refractivity contribution in [2.75, 3.05) is 56.5 Å². The van der Waals surface area contributed by atoms with Crippen LogP contribution >= 0.6 is 0 Å². The number of para-hydroxylation sites is 1. The van der Waals surface area contributed by atoms with Crippen molar-refractivity contribution in [3.8, 4) is 11.5 Å². The average Bonchev–Trinajstić information content (AvgIpc) is 3.02. The van der Waals surface area contributed by atoms with Gasteiger partial charge in [0.25, 0.3) is 5.91 Å². The van der Waals surface area contributed by atoms with Gasteiger partial charge >= 0.3 is 0 Å². The van der Waals surface area contributed by atoms with E-state index in [2.05, 4.69) is 27.1 Å². The van der Waals surface area contributed by atoms with E-state index in [1.807, 2.05) is 6.07 Å². The molecule has 194 valence electrons. The van der Waals surface area contributed by atoms with Gasteiger partial charge < -0.3 is 26.2 Å². The lowest BCUT2D eigenvalue weighted by Crippen LogP contribution is -2.48. The minimum atomic E-state index is -0.232. The first-order chi connectivity index (χ1) is 17.9. The van der Waals surface area contributed by atoms with Gasteiger partial charge in [-0.1, -0.05) is 18.2 Å². The quantitative estimate of drug-likeness (QED) is 0.397. The van der Waals surface area contributed by atoms with Crippen molar-refractivity contribution >= 4 is 29.0 Å². The second kappa shape index (κ2) is 11.8. The Morgan fingerprint density at radius 3 is 2.51 bits per heavy atom. The number of anilines is 3. The number of rotatable bonds is 4. The van der Waals surface area contributed by atoms with Gasteiger partial charge in [-0.3, -0.25) is 19.4 Å². The standard InChI is InChI=1S/C19H21N5O2.C8H11NO2/c1-22-9-11-23(12-10-22)13-17(25)24-16-7-3-2-5-14(16)19(26)21-15-6-4-8-20-18(15)24;9-4-3-6-1-2-7(10)8(11)5-6/h2-8H,9-13H2,1H3,(H,21,26);1-2,5,10-11H,3-4,9H2. The molecule has 5 N–H and O–H groups in total. The van der Waals surface area contributed by atoms with Crippen molar-refractivity contribution in [1.82, 2.24) is 14.8 Å². The number of carbonyl (C=O) groups excluding carboxylic acids is 2. The molecule has 5 rings (SSSR count). The predicted molar refractivity (Wildman–Crippen MR) is 142 cm³/mol. The lowest BCUT2D eigenvalue weighted by molar-refractivity contribution is -0.119. The molecule has 1 saturated heterocycles. The molecule has 1 aromatic heterocycles. The number of hydrogen-bond donors (Lipinski definition) is 4. The van der Waals surface area contributed by atoms with Gasteiger partial charge in [0, 0.05) is 32.4 Å². The van der Waals surface area contributed by atoms with Gasteiger partial charge in [0.1, 0.15) is 0 Å². The maximum absolute atomic E-state index is 13.2. The maximum Gasteiger partial charge on any atom is 0.257 e. The smallest absolute Gasteiger partial charge is 0.257 e. The SMILES string of the molecule is CN1CCN(CC(=O)N2c3ccccc3C(=O)Nc3cccnc32)CC1.NCCc1ccc(O)c(O)c1. The Labute approximate surface area is 215 Å². The Balaban J connectivity index is 0.000000245. The van der Waals surface area contributed by atoms with Crippen molar-refractivity contribution in [3.63, 3.8) is 0 Å². The second-order valence-electron chi connectivity index (χ2n) is 9.02. The second-order valence-corrected chi connectivity index (χ2v) is 9.02. The first kappa shape index (κ1) is 26.1. The zero-order chi connectivity index (χ0) is 26.4. The molecule has 0 aliphatic carbocycles. The van der Waals surface area contributed by atoms with Crippen LogP contribution in [0, 0.1) is 0 Å². The van der Waals surface area contributed by atoms with E-state index < -0.39 is 0 Å². The Hall–Kier alpha value is -3.99. The summed E-state index contributed by atoms with van der Waals surface area (Å²) in [7, 11) is 2.08. The number of aromatic nitrogens is 1. The maximum atomic E-state index is 13.2. The number of fused-ring (bicyclic) bond motifs is 2. The predicted octanol–water partition coefficient (Wildman–Crippen LogP) is 2.16. The van der Waals surface area contributed by atoms with E-state index in [1.54, 1.807) is 47.5 Å². The number of likely N-dealkylation sites (N-methyl/N-ethyl adjacent to an activating group) is 1. The zero-order valence-electron chi connectivity index (χ0n) is 20.8. The van der Waals surface area contributed by atoms with E-state index in [9.17, 15) is 9.59 Å². The van der Waals surface area contributed by atoms with Gasteiger partial charge in [-0.2, -0.15) is 0 Å². The van der Waals surface area contributed by atoms with Crippen LogP contribution in [0.25, 0.3) is 0 Å². The van der Waals surface area contributed by atoms with Crippen molar-refractivity contribution in [1.29, 1.82) is 0 Å². The molecule has 0 unspecified atom stereocenters. The van der Waals surface area contributed by atoms with E-state index >= 15 is 0 Å². The van der Waals surface area contributed by atoms with Gasteiger partial charge in [0.05, 0.1) is 23.5 Å². The highest BCUT2D eigenvalue weighted by molar-refractivity contribution is 6.17. The molecule has 3 heterocycles. The molecule has 2 aliphatic rings. The van der Waals surface area contributed by atoms with Crippen LogP contribution in [0.15, 0.2) is 60.8 Å². The van der Waals surface area contributed by atoms with Crippen molar-refractivity contribution in [3.05, 3.63) is 71.9 Å². The molecule has 0 atom stereocenters. The number of nitrogens with one attached hydrogen (secondary N) is 1. The fourth-order valence-electron chi connectivity index (χ4n) is 4.25. The molecule has 0 spiro atoms. The highest BCUT2D eigenvalue weighted by atomic mass is 16.3. The molecule has 10 heteroatoms.